The minimum absolute atomic E-state index is 0.00629. The summed E-state index contributed by atoms with van der Waals surface area (Å²) >= 11 is 0. The van der Waals surface area contributed by atoms with E-state index in [1.807, 2.05) is 32.9 Å². The number of amides is 1. The third kappa shape index (κ3) is 8.55. The van der Waals surface area contributed by atoms with Crippen LogP contribution in [0.25, 0.3) is 6.08 Å². The largest absolute Gasteiger partial charge is 0.490 e. The fourth-order valence-corrected chi connectivity index (χ4v) is 2.06. The van der Waals surface area contributed by atoms with Crippen molar-refractivity contribution >= 4 is 18.0 Å². The molecule has 6 nitrogen and oxygen atoms in total. The number of unbranched alkanes of at least 4 members (excludes halogenated alkanes) is 1. The fraction of sp³-hybridized carbons (Fsp3) is 0.500. The molecule has 0 saturated carbocycles. The average molecular weight is 363 g/mol. The number of ether oxygens (including phenoxy) is 3. The predicted octanol–water partition coefficient (Wildman–Crippen LogP) is 3.35. The summed E-state index contributed by atoms with van der Waals surface area (Å²) in [5.41, 5.74) is 0.778. The molecule has 0 atom stereocenters. The number of carbonyl (C=O) groups is 2. The van der Waals surface area contributed by atoms with Crippen LogP contribution in [0.4, 0.5) is 0 Å². The Kier molecular flexibility index (Phi) is 9.90. The molecule has 6 heteroatoms. The van der Waals surface area contributed by atoms with E-state index in [-0.39, 0.29) is 18.6 Å². The van der Waals surface area contributed by atoms with Crippen molar-refractivity contribution in [3.8, 4) is 11.5 Å². The molecule has 0 aliphatic heterocycles. The van der Waals surface area contributed by atoms with E-state index in [0.29, 0.717) is 24.7 Å². The van der Waals surface area contributed by atoms with Crippen LogP contribution in [0.1, 0.15) is 46.1 Å². The molecule has 0 aromatic heterocycles. The smallest absolute Gasteiger partial charge is 0.331 e. The summed E-state index contributed by atoms with van der Waals surface area (Å²) in [5.74, 6) is 0.417. The first-order chi connectivity index (χ1) is 12.5. The molecule has 144 valence electrons. The molecule has 1 aromatic rings. The molecule has 1 N–H and O–H groups in total. The lowest BCUT2D eigenvalue weighted by Gasteiger charge is -2.12. The Morgan fingerprint density at radius 2 is 1.92 bits per heavy atom. The molecule has 0 unspecified atom stereocenters. The van der Waals surface area contributed by atoms with Crippen LogP contribution in [0, 0.1) is 0 Å². The zero-order valence-electron chi connectivity index (χ0n) is 16.0. The van der Waals surface area contributed by atoms with Crippen molar-refractivity contribution in [2.24, 2.45) is 0 Å². The molecular weight excluding hydrogens is 334 g/mol. The fourth-order valence-electron chi connectivity index (χ4n) is 2.06. The molecule has 0 saturated heterocycles. The minimum atomic E-state index is -0.579. The molecular formula is C20H29NO5. The van der Waals surface area contributed by atoms with Gasteiger partial charge in [-0.2, -0.15) is 0 Å². The van der Waals surface area contributed by atoms with E-state index in [2.05, 4.69) is 12.2 Å². The zero-order valence-corrected chi connectivity index (χ0v) is 16.0. The predicted molar refractivity (Wildman–Crippen MR) is 101 cm³/mol. The molecule has 1 aromatic carbocycles. The Hall–Kier alpha value is -2.50. The van der Waals surface area contributed by atoms with E-state index in [1.165, 1.54) is 6.08 Å². The first-order valence-corrected chi connectivity index (χ1v) is 9.00. The van der Waals surface area contributed by atoms with Gasteiger partial charge in [-0.3, -0.25) is 4.79 Å². The second kappa shape index (κ2) is 12.0. The number of benzene rings is 1. The van der Waals surface area contributed by atoms with E-state index < -0.39 is 5.97 Å². The summed E-state index contributed by atoms with van der Waals surface area (Å²) in [4.78, 5) is 23.2. The van der Waals surface area contributed by atoms with Crippen molar-refractivity contribution in [2.75, 3.05) is 19.8 Å². The van der Waals surface area contributed by atoms with E-state index in [4.69, 9.17) is 14.2 Å². The van der Waals surface area contributed by atoms with E-state index in [0.717, 1.165) is 18.4 Å². The van der Waals surface area contributed by atoms with Crippen molar-refractivity contribution in [2.45, 2.75) is 46.6 Å². The molecule has 0 heterocycles. The van der Waals surface area contributed by atoms with Crippen LogP contribution < -0.4 is 14.8 Å². The lowest BCUT2D eigenvalue weighted by molar-refractivity contribution is -0.143. The summed E-state index contributed by atoms with van der Waals surface area (Å²) in [5, 5.41) is 2.65. The Morgan fingerprint density at radius 1 is 1.15 bits per heavy atom. The first-order valence-electron chi connectivity index (χ1n) is 9.00. The van der Waals surface area contributed by atoms with Gasteiger partial charge < -0.3 is 19.5 Å². The van der Waals surface area contributed by atoms with Gasteiger partial charge in [0.05, 0.1) is 13.2 Å². The van der Waals surface area contributed by atoms with Crippen molar-refractivity contribution in [1.82, 2.24) is 5.32 Å². The van der Waals surface area contributed by atoms with Crippen molar-refractivity contribution in [3.63, 3.8) is 0 Å². The monoisotopic (exact) mass is 363 g/mol. The van der Waals surface area contributed by atoms with Gasteiger partial charge in [0.15, 0.2) is 18.1 Å². The molecule has 0 bridgehead atoms. The third-order valence-electron chi connectivity index (χ3n) is 3.23. The SMILES string of the molecule is CCCCOc1ccc(/C=C/C(=O)OCC(=O)NC(C)C)cc1OCC. The van der Waals surface area contributed by atoms with Crippen molar-refractivity contribution in [3.05, 3.63) is 29.8 Å². The molecule has 26 heavy (non-hydrogen) atoms. The Bertz CT molecular complexity index is 610. The number of hydrogen-bond donors (Lipinski definition) is 1. The molecule has 0 fully saturated rings. The normalized spacial score (nSPS) is 10.8. The van der Waals surface area contributed by atoms with E-state index in [1.54, 1.807) is 12.1 Å². The van der Waals surface area contributed by atoms with Gasteiger partial charge in [0.25, 0.3) is 5.91 Å². The van der Waals surface area contributed by atoms with Gasteiger partial charge in [0.1, 0.15) is 0 Å². The topological polar surface area (TPSA) is 73.9 Å². The van der Waals surface area contributed by atoms with Crippen LogP contribution in [0.15, 0.2) is 24.3 Å². The average Bonchev–Trinajstić information content (AvgIpc) is 2.59. The van der Waals surface area contributed by atoms with Gasteiger partial charge in [0.2, 0.25) is 0 Å². The summed E-state index contributed by atoms with van der Waals surface area (Å²) in [6, 6.07) is 5.47. The van der Waals surface area contributed by atoms with Gasteiger partial charge in [0, 0.05) is 12.1 Å². The molecule has 0 aliphatic carbocycles. The Balaban J connectivity index is 2.64. The standard InChI is InChI=1S/C20H29NO5/c1-5-7-12-25-17-10-8-16(13-18(17)24-6-2)9-11-20(23)26-14-19(22)21-15(3)4/h8-11,13,15H,5-7,12,14H2,1-4H3,(H,21,22)/b11-9+. The van der Waals surface area contributed by atoms with Gasteiger partial charge in [-0.05, 0) is 51.0 Å². The van der Waals surface area contributed by atoms with Crippen LogP contribution in [0.5, 0.6) is 11.5 Å². The highest BCUT2D eigenvalue weighted by Crippen LogP contribution is 2.29. The first kappa shape index (κ1) is 21.5. The second-order valence-corrected chi connectivity index (χ2v) is 6.00. The van der Waals surface area contributed by atoms with Crippen molar-refractivity contribution in [1.29, 1.82) is 0 Å². The maximum atomic E-state index is 11.7. The van der Waals surface area contributed by atoms with Crippen LogP contribution in [0.2, 0.25) is 0 Å². The summed E-state index contributed by atoms with van der Waals surface area (Å²) < 4.78 is 16.2. The Morgan fingerprint density at radius 3 is 2.58 bits per heavy atom. The zero-order chi connectivity index (χ0) is 19.4. The van der Waals surface area contributed by atoms with Gasteiger partial charge >= 0.3 is 5.97 Å². The van der Waals surface area contributed by atoms with E-state index >= 15 is 0 Å². The number of rotatable bonds is 11. The van der Waals surface area contributed by atoms with E-state index in [9.17, 15) is 9.59 Å². The lowest BCUT2D eigenvalue weighted by atomic mass is 10.2. The van der Waals surface area contributed by atoms with Gasteiger partial charge in [-0.15, -0.1) is 0 Å². The maximum Gasteiger partial charge on any atom is 0.331 e. The number of esters is 1. The number of carbonyl (C=O) groups excluding carboxylic acids is 2. The van der Waals surface area contributed by atoms with Crippen LogP contribution >= 0.6 is 0 Å². The second-order valence-electron chi connectivity index (χ2n) is 6.00. The minimum Gasteiger partial charge on any atom is -0.490 e. The highest BCUT2D eigenvalue weighted by Gasteiger charge is 2.08. The quantitative estimate of drug-likeness (QED) is 0.371. The van der Waals surface area contributed by atoms with Crippen LogP contribution in [-0.4, -0.2) is 37.7 Å². The van der Waals surface area contributed by atoms with Crippen molar-refractivity contribution < 1.29 is 23.8 Å². The van der Waals surface area contributed by atoms with Gasteiger partial charge in [-0.25, -0.2) is 4.79 Å². The molecule has 1 rings (SSSR count). The highest BCUT2D eigenvalue weighted by molar-refractivity contribution is 5.89. The van der Waals surface area contributed by atoms with Crippen LogP contribution in [0.3, 0.4) is 0 Å². The van der Waals surface area contributed by atoms with Gasteiger partial charge in [-0.1, -0.05) is 19.4 Å². The number of hydrogen-bond acceptors (Lipinski definition) is 5. The Labute approximate surface area is 155 Å². The van der Waals surface area contributed by atoms with Crippen LogP contribution in [-0.2, 0) is 14.3 Å². The number of nitrogens with one attached hydrogen (secondary N) is 1. The summed E-state index contributed by atoms with van der Waals surface area (Å²) in [6.07, 6.45) is 4.93. The molecule has 1 amide bonds. The maximum absolute atomic E-state index is 11.7. The summed E-state index contributed by atoms with van der Waals surface area (Å²) in [6.45, 7) is 8.54. The lowest BCUT2D eigenvalue weighted by Crippen LogP contribution is -2.33. The highest BCUT2D eigenvalue weighted by atomic mass is 16.5. The molecule has 0 spiro atoms. The summed E-state index contributed by atoms with van der Waals surface area (Å²) in [7, 11) is 0. The molecule has 0 radical (unpaired) electrons. The third-order valence-corrected chi connectivity index (χ3v) is 3.23. The molecule has 0 aliphatic rings.